The molecule has 0 aliphatic heterocycles. The lowest BCUT2D eigenvalue weighted by Gasteiger charge is -2.70. The standard InChI is InChI=1S/C33H52O2/c1-9-21-35-28(34)33-18-13-22(2)23(3)27(33)24-11-12-26-30(6)16-10-15-29(4,5)25(30)14-17-32(26,8)31(24,7)19-20-33/h10-11,15,22-23,25-27H,9,12-14,16-21H2,1-8H3/t22-,23+,25+,26-,27+,30+,31-,32-,33+/m1/s1. The highest BCUT2D eigenvalue weighted by atomic mass is 16.5. The number of hydrogen-bond donors (Lipinski definition) is 0. The van der Waals surface area contributed by atoms with E-state index in [0.29, 0.717) is 41.1 Å². The van der Waals surface area contributed by atoms with E-state index in [1.807, 2.05) is 0 Å². The maximum absolute atomic E-state index is 13.8. The second-order valence-corrected chi connectivity index (χ2v) is 14.9. The number of carbonyl (C=O) groups is 1. The average Bonchev–Trinajstić information content (AvgIpc) is 2.79. The van der Waals surface area contributed by atoms with Gasteiger partial charge in [-0.05, 0) is 109 Å². The van der Waals surface area contributed by atoms with Crippen LogP contribution in [0.2, 0.25) is 0 Å². The fourth-order valence-electron chi connectivity index (χ4n) is 10.8. The van der Waals surface area contributed by atoms with E-state index in [1.165, 1.54) is 25.7 Å². The molecule has 0 aromatic carbocycles. The fraction of sp³-hybridized carbons (Fsp3) is 0.848. The van der Waals surface area contributed by atoms with Crippen LogP contribution in [0.3, 0.4) is 0 Å². The molecule has 196 valence electrons. The highest BCUT2D eigenvalue weighted by molar-refractivity contribution is 5.79. The number of carbonyl (C=O) groups excluding carboxylic acids is 1. The third kappa shape index (κ3) is 3.29. The van der Waals surface area contributed by atoms with Gasteiger partial charge in [-0.3, -0.25) is 4.79 Å². The third-order valence-electron chi connectivity index (χ3n) is 13.1. The van der Waals surface area contributed by atoms with Crippen LogP contribution in [0.15, 0.2) is 23.8 Å². The molecule has 0 spiro atoms. The van der Waals surface area contributed by atoms with Crippen molar-refractivity contribution in [3.8, 4) is 0 Å². The van der Waals surface area contributed by atoms with E-state index in [0.717, 1.165) is 38.0 Å². The Morgan fingerprint density at radius 2 is 1.74 bits per heavy atom. The van der Waals surface area contributed by atoms with Gasteiger partial charge in [0.1, 0.15) is 0 Å². The minimum Gasteiger partial charge on any atom is -0.465 e. The van der Waals surface area contributed by atoms with Crippen LogP contribution in [0, 0.1) is 56.7 Å². The maximum atomic E-state index is 13.8. The van der Waals surface area contributed by atoms with Gasteiger partial charge in [0.25, 0.3) is 0 Å². The third-order valence-corrected chi connectivity index (χ3v) is 13.1. The number of allylic oxidation sites excluding steroid dienone is 4. The van der Waals surface area contributed by atoms with Gasteiger partial charge in [-0.2, -0.15) is 0 Å². The predicted molar refractivity (Wildman–Crippen MR) is 145 cm³/mol. The van der Waals surface area contributed by atoms with Gasteiger partial charge in [0.05, 0.1) is 12.0 Å². The van der Waals surface area contributed by atoms with Crippen LogP contribution in [-0.4, -0.2) is 12.6 Å². The lowest BCUT2D eigenvalue weighted by Crippen LogP contribution is -2.64. The molecule has 0 unspecified atom stereocenters. The summed E-state index contributed by atoms with van der Waals surface area (Å²) in [6.45, 7) is 20.4. The van der Waals surface area contributed by atoms with Crippen molar-refractivity contribution in [3.05, 3.63) is 23.8 Å². The molecule has 0 amide bonds. The van der Waals surface area contributed by atoms with Crippen LogP contribution in [-0.2, 0) is 9.53 Å². The van der Waals surface area contributed by atoms with Gasteiger partial charge in [-0.15, -0.1) is 0 Å². The van der Waals surface area contributed by atoms with Gasteiger partial charge in [0.15, 0.2) is 0 Å². The van der Waals surface area contributed by atoms with Crippen molar-refractivity contribution in [2.24, 2.45) is 56.7 Å². The first-order chi connectivity index (χ1) is 16.4. The molecule has 2 heteroatoms. The fourth-order valence-corrected chi connectivity index (χ4v) is 10.8. The SMILES string of the molecule is CCCOC(=O)[C@]12CC[C@@H](C)[C@H](C)[C@H]1C1=CC[C@@H]3[C@@]4(C)CC=CC(C)(C)[C@@H]4CC[C@@]3(C)[C@]1(C)CC2. The molecule has 0 N–H and O–H groups in total. The van der Waals surface area contributed by atoms with Crippen molar-refractivity contribution >= 4 is 5.97 Å². The number of esters is 1. The molecular weight excluding hydrogens is 428 g/mol. The average molecular weight is 481 g/mol. The molecule has 0 saturated heterocycles. The Balaban J connectivity index is 1.59. The largest absolute Gasteiger partial charge is 0.465 e. The summed E-state index contributed by atoms with van der Waals surface area (Å²) < 4.78 is 5.95. The minimum absolute atomic E-state index is 0.119. The van der Waals surface area contributed by atoms with Gasteiger partial charge < -0.3 is 4.74 Å². The predicted octanol–water partition coefficient (Wildman–Crippen LogP) is 8.76. The van der Waals surface area contributed by atoms with E-state index in [2.05, 4.69) is 73.6 Å². The van der Waals surface area contributed by atoms with Crippen molar-refractivity contribution in [2.45, 2.75) is 113 Å². The summed E-state index contributed by atoms with van der Waals surface area (Å²) in [5.41, 5.74) is 2.48. The zero-order chi connectivity index (χ0) is 25.4. The summed E-state index contributed by atoms with van der Waals surface area (Å²) in [5.74, 6) is 3.14. The molecule has 0 radical (unpaired) electrons. The molecule has 0 bridgehead atoms. The topological polar surface area (TPSA) is 26.3 Å². The molecular formula is C33H52O2. The van der Waals surface area contributed by atoms with Crippen LogP contribution < -0.4 is 0 Å². The Morgan fingerprint density at radius 3 is 2.46 bits per heavy atom. The van der Waals surface area contributed by atoms with Gasteiger partial charge in [0.2, 0.25) is 0 Å². The number of rotatable bonds is 3. The zero-order valence-electron chi connectivity index (χ0n) is 24.0. The van der Waals surface area contributed by atoms with E-state index < -0.39 is 0 Å². The molecule has 2 nitrogen and oxygen atoms in total. The summed E-state index contributed by atoms with van der Waals surface area (Å²) >= 11 is 0. The Kier molecular flexibility index (Phi) is 6.01. The van der Waals surface area contributed by atoms with Crippen LogP contribution in [0.4, 0.5) is 0 Å². The van der Waals surface area contributed by atoms with Gasteiger partial charge in [-0.25, -0.2) is 0 Å². The van der Waals surface area contributed by atoms with Crippen molar-refractivity contribution in [1.82, 2.24) is 0 Å². The Labute approximate surface area is 215 Å². The first kappa shape index (κ1) is 25.6. The van der Waals surface area contributed by atoms with Crippen LogP contribution in [0.5, 0.6) is 0 Å². The first-order valence-corrected chi connectivity index (χ1v) is 14.9. The summed E-state index contributed by atoms with van der Waals surface area (Å²) in [6.07, 6.45) is 18.0. The van der Waals surface area contributed by atoms with Crippen LogP contribution >= 0.6 is 0 Å². The van der Waals surface area contributed by atoms with Crippen molar-refractivity contribution in [3.63, 3.8) is 0 Å². The lowest BCUT2D eigenvalue weighted by molar-refractivity contribution is -0.184. The quantitative estimate of drug-likeness (QED) is 0.298. The van der Waals surface area contributed by atoms with Crippen molar-refractivity contribution in [2.75, 3.05) is 6.61 Å². The first-order valence-electron chi connectivity index (χ1n) is 14.9. The smallest absolute Gasteiger partial charge is 0.312 e. The molecule has 5 rings (SSSR count). The summed E-state index contributed by atoms with van der Waals surface area (Å²) in [5, 5.41) is 0. The molecule has 3 fully saturated rings. The maximum Gasteiger partial charge on any atom is 0.312 e. The van der Waals surface area contributed by atoms with Crippen LogP contribution in [0.25, 0.3) is 0 Å². The number of hydrogen-bond acceptors (Lipinski definition) is 2. The van der Waals surface area contributed by atoms with Gasteiger partial charge >= 0.3 is 5.97 Å². The molecule has 9 atom stereocenters. The van der Waals surface area contributed by atoms with Crippen LogP contribution in [0.1, 0.15) is 113 Å². The Hall–Kier alpha value is -1.05. The monoisotopic (exact) mass is 480 g/mol. The van der Waals surface area contributed by atoms with E-state index >= 15 is 0 Å². The molecule has 5 aliphatic rings. The number of fused-ring (bicyclic) bond motifs is 7. The zero-order valence-corrected chi connectivity index (χ0v) is 24.0. The van der Waals surface area contributed by atoms with E-state index in [1.54, 1.807) is 5.57 Å². The van der Waals surface area contributed by atoms with E-state index in [9.17, 15) is 4.79 Å². The summed E-state index contributed by atoms with van der Waals surface area (Å²) in [6, 6.07) is 0. The highest BCUT2D eigenvalue weighted by Gasteiger charge is 2.68. The van der Waals surface area contributed by atoms with Crippen molar-refractivity contribution in [1.29, 1.82) is 0 Å². The van der Waals surface area contributed by atoms with Crippen molar-refractivity contribution < 1.29 is 9.53 Å². The summed E-state index contributed by atoms with van der Waals surface area (Å²) in [7, 11) is 0. The lowest BCUT2D eigenvalue weighted by atomic mass is 9.34. The summed E-state index contributed by atoms with van der Waals surface area (Å²) in [4.78, 5) is 13.8. The molecule has 5 aliphatic carbocycles. The molecule has 0 aromatic rings. The van der Waals surface area contributed by atoms with E-state index in [4.69, 9.17) is 4.74 Å². The Morgan fingerprint density at radius 1 is 1.00 bits per heavy atom. The highest BCUT2D eigenvalue weighted by Crippen LogP contribution is 2.75. The molecule has 0 aromatic heterocycles. The second-order valence-electron chi connectivity index (χ2n) is 14.9. The molecule has 35 heavy (non-hydrogen) atoms. The molecule has 3 saturated carbocycles. The second kappa shape index (κ2) is 8.22. The van der Waals surface area contributed by atoms with Gasteiger partial charge in [0, 0.05) is 0 Å². The molecule has 0 heterocycles. The normalized spacial score (nSPS) is 50.2. The minimum atomic E-state index is -0.299. The van der Waals surface area contributed by atoms with E-state index in [-0.39, 0.29) is 22.2 Å². The van der Waals surface area contributed by atoms with Gasteiger partial charge in [-0.1, -0.05) is 79.2 Å². The number of ether oxygens (including phenoxy) is 1. The Bertz CT molecular complexity index is 927.